The van der Waals surface area contributed by atoms with E-state index in [1.807, 2.05) is 24.4 Å². The van der Waals surface area contributed by atoms with Crippen LogP contribution in [-0.4, -0.2) is 33.7 Å². The first kappa shape index (κ1) is 9.59. The van der Waals surface area contributed by atoms with Crippen molar-refractivity contribution < 1.29 is 0 Å². The van der Waals surface area contributed by atoms with Crippen molar-refractivity contribution in [3.8, 4) is 0 Å². The molecule has 2 unspecified atom stereocenters. The average Bonchev–Trinajstić information content (AvgIpc) is 2.83. The van der Waals surface area contributed by atoms with Gasteiger partial charge in [-0.15, -0.1) is 5.10 Å². The molecular weight excluding hydrogens is 202 g/mol. The summed E-state index contributed by atoms with van der Waals surface area (Å²) in [5, 5.41) is 4.44. The molecule has 2 N–H and O–H groups in total. The Bertz CT molecular complexity index is 463. The maximum absolute atomic E-state index is 6.00. The van der Waals surface area contributed by atoms with Crippen LogP contribution in [0.2, 0.25) is 0 Å². The van der Waals surface area contributed by atoms with E-state index < -0.39 is 0 Å². The minimum atomic E-state index is 0.228. The predicted octanol–water partition coefficient (Wildman–Crippen LogP) is 0.513. The topological polar surface area (TPSA) is 59.5 Å². The van der Waals surface area contributed by atoms with Crippen LogP contribution >= 0.6 is 0 Å². The summed E-state index contributed by atoms with van der Waals surface area (Å²) in [4.78, 5) is 6.64. The van der Waals surface area contributed by atoms with Gasteiger partial charge in [-0.1, -0.05) is 13.0 Å². The van der Waals surface area contributed by atoms with Crippen molar-refractivity contribution in [3.05, 3.63) is 24.4 Å². The number of pyridine rings is 1. The molecule has 0 radical (unpaired) electrons. The quantitative estimate of drug-likeness (QED) is 0.756. The standard InChI is InChI=1S/C11H15N5/c1-8-6-15(7-9(8)12)11-13-10-4-2-3-5-16(10)14-11/h2-5,8-9H,6-7,12H2,1H3. The Kier molecular flexibility index (Phi) is 2.07. The molecule has 5 nitrogen and oxygen atoms in total. The van der Waals surface area contributed by atoms with Crippen LogP contribution in [0, 0.1) is 5.92 Å². The first-order valence-electron chi connectivity index (χ1n) is 5.56. The first-order chi connectivity index (χ1) is 7.74. The zero-order valence-electron chi connectivity index (χ0n) is 9.24. The minimum absolute atomic E-state index is 0.228. The molecule has 0 aliphatic carbocycles. The zero-order valence-corrected chi connectivity index (χ0v) is 9.24. The highest BCUT2D eigenvalue weighted by Crippen LogP contribution is 2.20. The van der Waals surface area contributed by atoms with E-state index in [4.69, 9.17) is 5.73 Å². The van der Waals surface area contributed by atoms with Crippen LogP contribution in [-0.2, 0) is 0 Å². The van der Waals surface area contributed by atoms with Crippen LogP contribution in [0.1, 0.15) is 6.92 Å². The summed E-state index contributed by atoms with van der Waals surface area (Å²) in [6.45, 7) is 3.95. The lowest BCUT2D eigenvalue weighted by Crippen LogP contribution is -2.28. The molecule has 5 heteroatoms. The Hall–Kier alpha value is -1.62. The van der Waals surface area contributed by atoms with Crippen molar-refractivity contribution in [2.24, 2.45) is 11.7 Å². The fourth-order valence-corrected chi connectivity index (χ4v) is 2.11. The lowest BCUT2D eigenvalue weighted by molar-refractivity contribution is 0.566. The van der Waals surface area contributed by atoms with E-state index in [0.29, 0.717) is 5.92 Å². The van der Waals surface area contributed by atoms with Crippen LogP contribution in [0.25, 0.3) is 5.65 Å². The normalized spacial score (nSPS) is 25.5. The van der Waals surface area contributed by atoms with Crippen LogP contribution in [0.4, 0.5) is 5.95 Å². The van der Waals surface area contributed by atoms with E-state index in [9.17, 15) is 0 Å². The van der Waals surface area contributed by atoms with Gasteiger partial charge in [0.25, 0.3) is 0 Å². The van der Waals surface area contributed by atoms with Gasteiger partial charge in [0.1, 0.15) is 0 Å². The smallest absolute Gasteiger partial charge is 0.245 e. The Labute approximate surface area is 93.9 Å². The highest BCUT2D eigenvalue weighted by molar-refractivity contribution is 5.45. The summed E-state index contributed by atoms with van der Waals surface area (Å²) in [5.41, 5.74) is 6.88. The highest BCUT2D eigenvalue weighted by atomic mass is 15.4. The molecule has 0 spiro atoms. The molecular formula is C11H15N5. The third-order valence-electron chi connectivity index (χ3n) is 3.18. The van der Waals surface area contributed by atoms with Gasteiger partial charge < -0.3 is 10.6 Å². The van der Waals surface area contributed by atoms with Crippen molar-refractivity contribution in [3.63, 3.8) is 0 Å². The Balaban J connectivity index is 1.95. The van der Waals surface area contributed by atoms with E-state index in [2.05, 4.69) is 21.9 Å². The van der Waals surface area contributed by atoms with Crippen molar-refractivity contribution in [1.82, 2.24) is 14.6 Å². The molecule has 2 atom stereocenters. The fourth-order valence-electron chi connectivity index (χ4n) is 2.11. The molecule has 1 fully saturated rings. The van der Waals surface area contributed by atoms with Gasteiger partial charge in [-0.25, -0.2) is 4.52 Å². The van der Waals surface area contributed by atoms with Gasteiger partial charge in [0.05, 0.1) is 0 Å². The van der Waals surface area contributed by atoms with Crippen LogP contribution in [0.3, 0.4) is 0 Å². The molecule has 1 aliphatic rings. The molecule has 1 aliphatic heterocycles. The Morgan fingerprint density at radius 3 is 2.94 bits per heavy atom. The fraction of sp³-hybridized carbons (Fsp3) is 0.455. The average molecular weight is 217 g/mol. The van der Waals surface area contributed by atoms with Crippen molar-refractivity contribution in [1.29, 1.82) is 0 Å². The number of nitrogens with two attached hydrogens (primary N) is 1. The lowest BCUT2D eigenvalue weighted by atomic mass is 10.1. The lowest BCUT2D eigenvalue weighted by Gasteiger charge is -2.11. The Morgan fingerprint density at radius 2 is 2.25 bits per heavy atom. The summed E-state index contributed by atoms with van der Waals surface area (Å²) in [6, 6.07) is 6.10. The molecule has 2 aromatic heterocycles. The molecule has 16 heavy (non-hydrogen) atoms. The molecule has 1 saturated heterocycles. The number of nitrogens with zero attached hydrogens (tertiary/aromatic N) is 4. The molecule has 3 rings (SSSR count). The summed E-state index contributed by atoms with van der Waals surface area (Å²) in [6.07, 6.45) is 1.91. The second-order valence-electron chi connectivity index (χ2n) is 4.46. The predicted molar refractivity (Wildman–Crippen MR) is 62.3 cm³/mol. The van der Waals surface area contributed by atoms with E-state index in [1.54, 1.807) is 4.52 Å². The summed E-state index contributed by atoms with van der Waals surface area (Å²) >= 11 is 0. The van der Waals surface area contributed by atoms with Crippen molar-refractivity contribution in [2.75, 3.05) is 18.0 Å². The largest absolute Gasteiger partial charge is 0.338 e. The summed E-state index contributed by atoms with van der Waals surface area (Å²) in [5.74, 6) is 1.29. The maximum Gasteiger partial charge on any atom is 0.245 e. The van der Waals surface area contributed by atoms with Gasteiger partial charge in [0.15, 0.2) is 5.65 Å². The number of fused-ring (bicyclic) bond motifs is 1. The maximum atomic E-state index is 6.00. The number of hydrogen-bond acceptors (Lipinski definition) is 4. The second kappa shape index (κ2) is 3.45. The SMILES string of the molecule is CC1CN(c2nc3ccccn3n2)CC1N. The van der Waals surface area contributed by atoms with Crippen LogP contribution in [0.5, 0.6) is 0 Å². The molecule has 0 amide bonds. The van der Waals surface area contributed by atoms with Gasteiger partial charge in [-0.3, -0.25) is 0 Å². The van der Waals surface area contributed by atoms with Crippen molar-refractivity contribution in [2.45, 2.75) is 13.0 Å². The van der Waals surface area contributed by atoms with E-state index in [1.165, 1.54) is 0 Å². The molecule has 0 saturated carbocycles. The van der Waals surface area contributed by atoms with Gasteiger partial charge in [0.2, 0.25) is 5.95 Å². The van der Waals surface area contributed by atoms with Gasteiger partial charge in [-0.05, 0) is 18.1 Å². The molecule has 3 heterocycles. The van der Waals surface area contributed by atoms with E-state index >= 15 is 0 Å². The minimum Gasteiger partial charge on any atom is -0.338 e. The number of rotatable bonds is 1. The highest BCUT2D eigenvalue weighted by Gasteiger charge is 2.28. The second-order valence-corrected chi connectivity index (χ2v) is 4.46. The van der Waals surface area contributed by atoms with E-state index in [0.717, 1.165) is 24.7 Å². The Morgan fingerprint density at radius 1 is 1.38 bits per heavy atom. The number of aromatic nitrogens is 3. The molecule has 0 bridgehead atoms. The molecule has 0 aromatic carbocycles. The van der Waals surface area contributed by atoms with Gasteiger partial charge >= 0.3 is 0 Å². The summed E-state index contributed by atoms with van der Waals surface area (Å²) in [7, 11) is 0. The number of hydrogen-bond donors (Lipinski definition) is 1. The third-order valence-corrected chi connectivity index (χ3v) is 3.18. The number of anilines is 1. The van der Waals surface area contributed by atoms with Crippen LogP contribution < -0.4 is 10.6 Å². The molecule has 84 valence electrons. The first-order valence-corrected chi connectivity index (χ1v) is 5.56. The molecule has 2 aromatic rings. The zero-order chi connectivity index (χ0) is 11.1. The van der Waals surface area contributed by atoms with Crippen molar-refractivity contribution >= 4 is 11.6 Å². The van der Waals surface area contributed by atoms with Gasteiger partial charge in [0, 0.05) is 25.3 Å². The van der Waals surface area contributed by atoms with Crippen LogP contribution in [0.15, 0.2) is 24.4 Å². The summed E-state index contributed by atoms with van der Waals surface area (Å²) < 4.78 is 1.80. The third kappa shape index (κ3) is 1.44. The monoisotopic (exact) mass is 217 g/mol. The van der Waals surface area contributed by atoms with E-state index in [-0.39, 0.29) is 6.04 Å². The van der Waals surface area contributed by atoms with Gasteiger partial charge in [-0.2, -0.15) is 4.98 Å².